The Hall–Kier alpha value is -3.19. The standard InChI is InChI=1S/C33H23Cl3FIN2O6/c1-46-24-13-15(12-23(34)27(24)41)26-20-10-11-21-25(29(43)39(28(21)42)18-8-4-17(38)5-9-18)22(20)14-32(35)30(44)40(31(45)33(26,32)36)19-6-2-16(37)3-7-19/h2-10,12-13,21-22,25-26,41H,11,14H2,1H3/t21-,22+,25-,26-,32+,33-/m0/s1. The van der Waals surface area contributed by atoms with Gasteiger partial charge < -0.3 is 9.84 Å². The van der Waals surface area contributed by atoms with Crippen LogP contribution in [0.15, 0.2) is 72.3 Å². The van der Waals surface area contributed by atoms with Crippen molar-refractivity contribution in [3.05, 3.63) is 92.3 Å². The summed E-state index contributed by atoms with van der Waals surface area (Å²) >= 11 is 23.3. The molecule has 46 heavy (non-hydrogen) atoms. The van der Waals surface area contributed by atoms with E-state index in [1.807, 2.05) is 0 Å². The number of aromatic hydroxyl groups is 1. The van der Waals surface area contributed by atoms with Crippen LogP contribution < -0.4 is 14.5 Å². The average Bonchev–Trinajstić information content (AvgIpc) is 3.37. The highest BCUT2D eigenvalue weighted by Crippen LogP contribution is 2.66. The summed E-state index contributed by atoms with van der Waals surface area (Å²) in [6, 6.07) is 14.6. The van der Waals surface area contributed by atoms with E-state index in [4.69, 9.17) is 39.5 Å². The fourth-order valence-electron chi connectivity index (χ4n) is 7.53. The van der Waals surface area contributed by atoms with Crippen molar-refractivity contribution in [1.29, 1.82) is 0 Å². The van der Waals surface area contributed by atoms with Crippen molar-refractivity contribution < 1.29 is 33.4 Å². The van der Waals surface area contributed by atoms with Gasteiger partial charge in [0.1, 0.15) is 5.82 Å². The van der Waals surface area contributed by atoms with Gasteiger partial charge in [0.05, 0.1) is 35.3 Å². The molecule has 2 aliphatic carbocycles. The fraction of sp³-hybridized carbons (Fsp3) is 0.273. The minimum Gasteiger partial charge on any atom is -0.503 e. The Morgan fingerprint density at radius 2 is 1.54 bits per heavy atom. The lowest BCUT2D eigenvalue weighted by Crippen LogP contribution is -2.60. The van der Waals surface area contributed by atoms with Gasteiger partial charge in [0.2, 0.25) is 11.8 Å². The van der Waals surface area contributed by atoms with E-state index < -0.39 is 57.0 Å². The van der Waals surface area contributed by atoms with Crippen molar-refractivity contribution in [1.82, 2.24) is 0 Å². The van der Waals surface area contributed by atoms with E-state index in [1.54, 1.807) is 30.3 Å². The van der Waals surface area contributed by atoms with Crippen LogP contribution in [0.3, 0.4) is 0 Å². The molecule has 2 aliphatic heterocycles. The molecule has 7 rings (SSSR count). The summed E-state index contributed by atoms with van der Waals surface area (Å²) < 4.78 is 20.1. The first-order chi connectivity index (χ1) is 21.8. The SMILES string of the molecule is COc1cc([C@H]2C3=CC[C@@H]4C(=O)N(c5ccc(I)cc5)C(=O)[C@@H]4[C@@H]3C[C@@]3(Cl)C(=O)N(c4ccc(F)cc4)C(=O)[C@@]23Cl)cc(Cl)c1O. The highest BCUT2D eigenvalue weighted by atomic mass is 127. The molecule has 0 aromatic heterocycles. The van der Waals surface area contributed by atoms with Crippen LogP contribution in [0.25, 0.3) is 0 Å². The van der Waals surface area contributed by atoms with Gasteiger partial charge in [-0.15, -0.1) is 23.2 Å². The molecule has 3 aromatic rings. The number of imide groups is 2. The van der Waals surface area contributed by atoms with Crippen molar-refractivity contribution in [2.75, 3.05) is 16.9 Å². The van der Waals surface area contributed by atoms with Crippen molar-refractivity contribution in [3.63, 3.8) is 0 Å². The molecule has 0 unspecified atom stereocenters. The molecule has 0 bridgehead atoms. The number of phenols is 1. The molecule has 4 aliphatic rings. The van der Waals surface area contributed by atoms with E-state index >= 15 is 0 Å². The number of hydrogen-bond acceptors (Lipinski definition) is 6. The summed E-state index contributed by atoms with van der Waals surface area (Å²) in [5.74, 6) is -6.97. The molecule has 2 saturated heterocycles. The van der Waals surface area contributed by atoms with Gasteiger partial charge in [0.15, 0.2) is 21.2 Å². The maximum Gasteiger partial charge on any atom is 0.258 e. The number of rotatable bonds is 4. The number of carbonyl (C=O) groups excluding carboxylic acids is 4. The second-order valence-corrected chi connectivity index (χ2v) is 14.7. The number of anilines is 2. The molecule has 236 valence electrons. The quantitative estimate of drug-likeness (QED) is 0.139. The second kappa shape index (κ2) is 10.9. The van der Waals surface area contributed by atoms with Gasteiger partial charge in [-0.05, 0) is 108 Å². The molecule has 0 spiro atoms. The lowest BCUT2D eigenvalue weighted by Gasteiger charge is -2.50. The minimum absolute atomic E-state index is 0.0106. The van der Waals surface area contributed by atoms with Crippen LogP contribution in [0.1, 0.15) is 24.3 Å². The third-order valence-electron chi connectivity index (χ3n) is 9.58. The number of alkyl halides is 2. The highest BCUT2D eigenvalue weighted by molar-refractivity contribution is 14.1. The summed E-state index contributed by atoms with van der Waals surface area (Å²) in [6.45, 7) is 0. The molecule has 0 radical (unpaired) electrons. The van der Waals surface area contributed by atoms with Crippen LogP contribution in [-0.4, -0.2) is 45.6 Å². The number of carbonyl (C=O) groups is 4. The van der Waals surface area contributed by atoms with Crippen molar-refractivity contribution in [2.24, 2.45) is 17.8 Å². The van der Waals surface area contributed by atoms with E-state index in [0.29, 0.717) is 16.8 Å². The van der Waals surface area contributed by atoms with Gasteiger partial charge >= 0.3 is 0 Å². The van der Waals surface area contributed by atoms with Crippen LogP contribution in [0.2, 0.25) is 5.02 Å². The lowest BCUT2D eigenvalue weighted by atomic mass is 9.56. The third kappa shape index (κ3) is 4.22. The molecule has 13 heteroatoms. The number of hydrogen-bond donors (Lipinski definition) is 1. The van der Waals surface area contributed by atoms with E-state index in [1.165, 1.54) is 36.3 Å². The first kappa shape index (κ1) is 31.4. The smallest absolute Gasteiger partial charge is 0.258 e. The summed E-state index contributed by atoms with van der Waals surface area (Å²) in [5.41, 5.74) is 1.35. The predicted octanol–water partition coefficient (Wildman–Crippen LogP) is 6.57. The van der Waals surface area contributed by atoms with Gasteiger partial charge in [-0.1, -0.05) is 23.3 Å². The number of allylic oxidation sites excluding steroid dienone is 2. The Labute approximate surface area is 291 Å². The summed E-state index contributed by atoms with van der Waals surface area (Å²) in [7, 11) is 1.33. The lowest BCUT2D eigenvalue weighted by molar-refractivity contribution is -0.125. The summed E-state index contributed by atoms with van der Waals surface area (Å²) in [4.78, 5) is 54.5. The topological polar surface area (TPSA) is 104 Å². The summed E-state index contributed by atoms with van der Waals surface area (Å²) in [5, 5.41) is 10.4. The number of nitrogens with zero attached hydrogens (tertiary/aromatic N) is 2. The normalized spacial score (nSPS) is 30.3. The van der Waals surface area contributed by atoms with Crippen LogP contribution in [0, 0.1) is 27.1 Å². The van der Waals surface area contributed by atoms with Crippen molar-refractivity contribution >= 4 is 92.4 Å². The second-order valence-electron chi connectivity index (χ2n) is 11.8. The molecule has 2 heterocycles. The zero-order valence-corrected chi connectivity index (χ0v) is 28.3. The van der Waals surface area contributed by atoms with Crippen molar-refractivity contribution in [2.45, 2.75) is 28.5 Å². The summed E-state index contributed by atoms with van der Waals surface area (Å²) in [6.07, 6.45) is 1.74. The average molecular weight is 796 g/mol. The van der Waals surface area contributed by atoms with E-state index in [0.717, 1.165) is 20.6 Å². The van der Waals surface area contributed by atoms with Gasteiger partial charge in [0, 0.05) is 9.49 Å². The Kier molecular flexibility index (Phi) is 7.46. The molecule has 3 fully saturated rings. The molecule has 4 amide bonds. The first-order valence-electron chi connectivity index (χ1n) is 14.3. The van der Waals surface area contributed by atoms with E-state index in [2.05, 4.69) is 22.6 Å². The van der Waals surface area contributed by atoms with Crippen molar-refractivity contribution in [3.8, 4) is 11.5 Å². The monoisotopic (exact) mass is 794 g/mol. The highest BCUT2D eigenvalue weighted by Gasteiger charge is 2.76. The zero-order valence-electron chi connectivity index (χ0n) is 23.8. The number of halogens is 5. The Balaban J connectivity index is 1.42. The van der Waals surface area contributed by atoms with Gasteiger partial charge in [-0.2, -0.15) is 0 Å². The third-order valence-corrected chi connectivity index (χ3v) is 12.0. The largest absolute Gasteiger partial charge is 0.503 e. The molecule has 8 nitrogen and oxygen atoms in total. The van der Waals surface area contributed by atoms with Crippen LogP contribution in [0.5, 0.6) is 11.5 Å². The number of phenolic OH excluding ortho intramolecular Hbond substituents is 1. The molecule has 1 saturated carbocycles. The van der Waals surface area contributed by atoms with Gasteiger partial charge in [-0.25, -0.2) is 9.29 Å². The van der Waals surface area contributed by atoms with Gasteiger partial charge in [-0.3, -0.25) is 24.1 Å². The number of amides is 4. The first-order valence-corrected chi connectivity index (χ1v) is 16.5. The van der Waals surface area contributed by atoms with Crippen LogP contribution >= 0.6 is 57.4 Å². The molecular weight excluding hydrogens is 773 g/mol. The maximum atomic E-state index is 14.5. The van der Waals surface area contributed by atoms with E-state index in [-0.39, 0.29) is 41.0 Å². The Bertz CT molecular complexity index is 1890. The molecule has 3 aromatic carbocycles. The minimum atomic E-state index is -2.15. The predicted molar refractivity (Wildman–Crippen MR) is 178 cm³/mol. The zero-order chi connectivity index (χ0) is 32.9. The fourth-order valence-corrected chi connectivity index (χ4v) is 9.05. The molecule has 1 N–H and O–H groups in total. The maximum absolute atomic E-state index is 14.5. The van der Waals surface area contributed by atoms with E-state index in [9.17, 15) is 28.7 Å². The number of ether oxygens (including phenoxy) is 1. The molecule has 6 atom stereocenters. The number of fused-ring (bicyclic) bond motifs is 4. The Morgan fingerprint density at radius 1 is 0.913 bits per heavy atom. The number of benzene rings is 3. The molecular formula is C33H23Cl3FIN2O6. The van der Waals surface area contributed by atoms with Gasteiger partial charge in [0.25, 0.3) is 11.8 Å². The van der Waals surface area contributed by atoms with Crippen LogP contribution in [-0.2, 0) is 19.2 Å². The number of methoxy groups -OCH3 is 1. The van der Waals surface area contributed by atoms with Crippen LogP contribution in [0.4, 0.5) is 15.8 Å². The Morgan fingerprint density at radius 3 is 2.20 bits per heavy atom.